The Morgan fingerprint density at radius 1 is 1.15 bits per heavy atom. The zero-order valence-corrected chi connectivity index (χ0v) is 16.4. The maximum atomic E-state index is 12.8. The molecule has 1 amide bonds. The van der Waals surface area contributed by atoms with E-state index < -0.39 is 25.9 Å². The summed E-state index contributed by atoms with van der Waals surface area (Å²) in [5, 5.41) is 5.80. The number of carbonyl (C=O) groups excluding carboxylic acids is 2. The van der Waals surface area contributed by atoms with Gasteiger partial charge in [0.05, 0.1) is 12.5 Å². The van der Waals surface area contributed by atoms with Crippen molar-refractivity contribution in [1.29, 1.82) is 0 Å². The quantitative estimate of drug-likeness (QED) is 0.743. The number of esters is 1. The van der Waals surface area contributed by atoms with Gasteiger partial charge in [-0.3, -0.25) is 9.59 Å². The van der Waals surface area contributed by atoms with E-state index in [1.54, 1.807) is 38.1 Å². The maximum absolute atomic E-state index is 12.8. The molecular weight excluding hydrogens is 356 g/mol. The molecule has 1 heterocycles. The van der Waals surface area contributed by atoms with Crippen LogP contribution < -0.4 is 10.6 Å². The Balaban J connectivity index is 2.23. The van der Waals surface area contributed by atoms with Gasteiger partial charge in [0, 0.05) is 11.9 Å². The molecule has 1 aromatic rings. The van der Waals surface area contributed by atoms with Crippen LogP contribution in [0.2, 0.25) is 0 Å². The maximum Gasteiger partial charge on any atom is 0.315 e. The highest BCUT2D eigenvalue weighted by Crippen LogP contribution is 2.30. The molecule has 1 fully saturated rings. The Morgan fingerprint density at radius 3 is 2.15 bits per heavy atom. The van der Waals surface area contributed by atoms with E-state index in [1.807, 2.05) is 0 Å². The number of nitrogens with one attached hydrogen (secondary N) is 2. The molecule has 0 aromatic heterocycles. The summed E-state index contributed by atoms with van der Waals surface area (Å²) in [5.74, 6) is -0.874. The second kappa shape index (κ2) is 7.36. The van der Waals surface area contributed by atoms with Gasteiger partial charge >= 0.3 is 5.97 Å². The van der Waals surface area contributed by atoms with Gasteiger partial charge in [-0.25, -0.2) is 8.42 Å². The summed E-state index contributed by atoms with van der Waals surface area (Å²) in [4.78, 5) is 24.7. The highest BCUT2D eigenvalue weighted by molar-refractivity contribution is 7.92. The summed E-state index contributed by atoms with van der Waals surface area (Å²) in [6, 6.07) is 6.77. The molecule has 1 saturated heterocycles. The largest absolute Gasteiger partial charge is 0.468 e. The van der Waals surface area contributed by atoms with E-state index in [1.165, 1.54) is 7.11 Å². The second-order valence-corrected chi connectivity index (χ2v) is 9.49. The topological polar surface area (TPSA) is 102 Å². The van der Waals surface area contributed by atoms with Crippen LogP contribution in [0.25, 0.3) is 0 Å². The van der Waals surface area contributed by atoms with Gasteiger partial charge in [-0.2, -0.15) is 0 Å². The van der Waals surface area contributed by atoms with Crippen molar-refractivity contribution >= 4 is 27.4 Å². The van der Waals surface area contributed by atoms with Crippen molar-refractivity contribution in [2.24, 2.45) is 0 Å². The van der Waals surface area contributed by atoms with E-state index in [2.05, 4.69) is 10.6 Å². The minimum Gasteiger partial charge on any atom is -0.468 e. The number of anilines is 1. The summed E-state index contributed by atoms with van der Waals surface area (Å²) < 4.78 is 28.0. The molecule has 7 nitrogen and oxygen atoms in total. The molecule has 0 saturated carbocycles. The molecule has 26 heavy (non-hydrogen) atoms. The third-order valence-corrected chi connectivity index (χ3v) is 7.11. The molecule has 0 unspecified atom stereocenters. The molecule has 8 heteroatoms. The van der Waals surface area contributed by atoms with Crippen molar-refractivity contribution in [2.75, 3.05) is 31.8 Å². The van der Waals surface area contributed by atoms with Crippen LogP contribution in [0.3, 0.4) is 0 Å². The lowest BCUT2D eigenvalue weighted by Gasteiger charge is -2.34. The fraction of sp³-hybridized carbons (Fsp3) is 0.556. The molecule has 0 bridgehead atoms. The summed E-state index contributed by atoms with van der Waals surface area (Å²) in [6.45, 7) is 4.46. The highest BCUT2D eigenvalue weighted by atomic mass is 32.2. The highest BCUT2D eigenvalue weighted by Gasteiger charge is 2.48. The van der Waals surface area contributed by atoms with Gasteiger partial charge in [-0.1, -0.05) is 12.1 Å². The lowest BCUT2D eigenvalue weighted by Crippen LogP contribution is -2.55. The Labute approximate surface area is 154 Å². The third-order valence-electron chi connectivity index (χ3n) is 5.09. The van der Waals surface area contributed by atoms with E-state index in [0.29, 0.717) is 18.8 Å². The summed E-state index contributed by atoms with van der Waals surface area (Å²) in [7, 11) is -2.23. The molecule has 0 radical (unpaired) electrons. The normalized spacial score (nSPS) is 17.4. The molecule has 1 aromatic carbocycles. The first kappa shape index (κ1) is 20.4. The van der Waals surface area contributed by atoms with Crippen molar-refractivity contribution in [2.45, 2.75) is 36.9 Å². The second-order valence-electron chi connectivity index (χ2n) is 7.16. The van der Waals surface area contributed by atoms with Crippen molar-refractivity contribution < 1.29 is 22.7 Å². The predicted octanol–water partition coefficient (Wildman–Crippen LogP) is 1.24. The number of amides is 1. The number of carbonyl (C=O) groups is 2. The minimum absolute atomic E-state index is 0.241. The summed E-state index contributed by atoms with van der Waals surface area (Å²) in [6.07, 6.45) is 1.59. The number of hydrogen-bond donors (Lipinski definition) is 2. The standard InChI is InChI=1S/C18H26N2O5S/c1-17(2,16(22)25-3)13-5-7-14(8-6-13)20-15(21)18(26(4,23)24)9-11-19-12-10-18/h5-8,19H,9-12H2,1-4H3,(H,20,21). The van der Waals surface area contributed by atoms with E-state index in [4.69, 9.17) is 4.74 Å². The van der Waals surface area contributed by atoms with Crippen LogP contribution in [-0.2, 0) is 29.6 Å². The van der Waals surface area contributed by atoms with Crippen LogP contribution in [0.4, 0.5) is 5.69 Å². The van der Waals surface area contributed by atoms with Gasteiger partial charge in [0.2, 0.25) is 5.91 Å². The zero-order chi connectivity index (χ0) is 19.6. The lowest BCUT2D eigenvalue weighted by molar-refractivity contribution is -0.146. The number of rotatable bonds is 5. The van der Waals surface area contributed by atoms with Crippen LogP contribution in [0.5, 0.6) is 0 Å². The summed E-state index contributed by atoms with van der Waals surface area (Å²) in [5.41, 5.74) is 0.406. The van der Waals surface area contributed by atoms with Crippen molar-refractivity contribution in [3.63, 3.8) is 0 Å². The van der Waals surface area contributed by atoms with Crippen LogP contribution in [-0.4, -0.2) is 51.5 Å². The number of ether oxygens (including phenoxy) is 1. The average Bonchev–Trinajstić information content (AvgIpc) is 2.61. The number of benzene rings is 1. The predicted molar refractivity (Wildman–Crippen MR) is 99.8 cm³/mol. The molecule has 0 spiro atoms. The van der Waals surface area contributed by atoms with Crippen LogP contribution >= 0.6 is 0 Å². The molecule has 2 N–H and O–H groups in total. The zero-order valence-electron chi connectivity index (χ0n) is 15.6. The van der Waals surface area contributed by atoms with E-state index in [-0.39, 0.29) is 18.8 Å². The molecule has 1 aliphatic rings. The fourth-order valence-corrected chi connectivity index (χ4v) is 4.52. The molecule has 0 aliphatic carbocycles. The minimum atomic E-state index is -3.57. The first-order chi connectivity index (χ1) is 12.0. The van der Waals surface area contributed by atoms with Crippen LogP contribution in [0.1, 0.15) is 32.3 Å². The molecule has 0 atom stereocenters. The van der Waals surface area contributed by atoms with E-state index in [0.717, 1.165) is 11.8 Å². The Kier molecular flexibility index (Phi) is 5.77. The van der Waals surface area contributed by atoms with Crippen LogP contribution in [0, 0.1) is 0 Å². The van der Waals surface area contributed by atoms with Crippen molar-refractivity contribution in [3.8, 4) is 0 Å². The number of piperidine rings is 1. The monoisotopic (exact) mass is 382 g/mol. The Hall–Kier alpha value is -1.93. The fourth-order valence-electron chi connectivity index (χ4n) is 3.19. The number of sulfone groups is 1. The smallest absolute Gasteiger partial charge is 0.315 e. The van der Waals surface area contributed by atoms with Gasteiger partial charge in [-0.05, 0) is 57.5 Å². The van der Waals surface area contributed by atoms with Gasteiger partial charge in [-0.15, -0.1) is 0 Å². The SMILES string of the molecule is COC(=O)C(C)(C)c1ccc(NC(=O)C2(S(C)(=O)=O)CCNCC2)cc1. The Bertz CT molecular complexity index is 778. The van der Waals surface area contributed by atoms with Gasteiger partial charge < -0.3 is 15.4 Å². The Morgan fingerprint density at radius 2 is 1.69 bits per heavy atom. The molecule has 144 valence electrons. The van der Waals surface area contributed by atoms with Gasteiger partial charge in [0.25, 0.3) is 0 Å². The molecule has 1 aliphatic heterocycles. The molecule has 2 rings (SSSR count). The van der Waals surface area contributed by atoms with E-state index in [9.17, 15) is 18.0 Å². The van der Waals surface area contributed by atoms with Gasteiger partial charge in [0.15, 0.2) is 14.6 Å². The van der Waals surface area contributed by atoms with Gasteiger partial charge in [0.1, 0.15) is 0 Å². The first-order valence-electron chi connectivity index (χ1n) is 8.45. The van der Waals surface area contributed by atoms with Crippen LogP contribution in [0.15, 0.2) is 24.3 Å². The third kappa shape index (κ3) is 3.76. The number of methoxy groups -OCH3 is 1. The first-order valence-corrected chi connectivity index (χ1v) is 10.3. The van der Waals surface area contributed by atoms with E-state index >= 15 is 0 Å². The van der Waals surface area contributed by atoms with Crippen molar-refractivity contribution in [1.82, 2.24) is 5.32 Å². The number of hydrogen-bond acceptors (Lipinski definition) is 6. The summed E-state index contributed by atoms with van der Waals surface area (Å²) >= 11 is 0. The lowest BCUT2D eigenvalue weighted by atomic mass is 9.84. The average molecular weight is 382 g/mol. The molecular formula is C18H26N2O5S. The van der Waals surface area contributed by atoms with Crippen molar-refractivity contribution in [3.05, 3.63) is 29.8 Å².